The molecule has 22 heavy (non-hydrogen) atoms. The summed E-state index contributed by atoms with van der Waals surface area (Å²) in [5.41, 5.74) is 0.0863. The molecule has 0 radical (unpaired) electrons. The first kappa shape index (κ1) is 16.5. The molecule has 0 aliphatic carbocycles. The Kier molecular flexibility index (Phi) is 4.58. The van der Waals surface area contributed by atoms with E-state index in [1.807, 2.05) is 32.6 Å². The molecule has 1 aliphatic heterocycles. The third-order valence-electron chi connectivity index (χ3n) is 3.52. The number of piperazine rings is 1. The maximum Gasteiger partial charge on any atom is 0.410 e. The summed E-state index contributed by atoms with van der Waals surface area (Å²) in [6.07, 6.45) is -0.343. The minimum Gasteiger partial charge on any atom is -0.444 e. The Hall–Kier alpha value is -1.85. The first-order valence-corrected chi connectivity index (χ1v) is 7.37. The van der Waals surface area contributed by atoms with Gasteiger partial charge in [-0.1, -0.05) is 0 Å². The molecule has 6 heteroatoms. The minimum absolute atomic E-state index is 0.0725. The Labute approximate surface area is 129 Å². The van der Waals surface area contributed by atoms with E-state index in [9.17, 15) is 13.6 Å². The van der Waals surface area contributed by atoms with Gasteiger partial charge in [-0.15, -0.1) is 0 Å². The quantitative estimate of drug-likeness (QED) is 0.796. The van der Waals surface area contributed by atoms with E-state index in [1.165, 1.54) is 6.07 Å². The van der Waals surface area contributed by atoms with Crippen LogP contribution in [0.15, 0.2) is 18.2 Å². The van der Waals surface area contributed by atoms with E-state index >= 15 is 0 Å². The van der Waals surface area contributed by atoms with Crippen LogP contribution in [0.3, 0.4) is 0 Å². The number of carbonyl (C=O) groups excluding carboxylic acids is 1. The summed E-state index contributed by atoms with van der Waals surface area (Å²) in [5, 5.41) is 0. The predicted molar refractivity (Wildman–Crippen MR) is 81.0 cm³/mol. The number of ether oxygens (including phenoxy) is 1. The topological polar surface area (TPSA) is 32.8 Å². The SMILES string of the molecule is C[C@H]1CN(c2ccc(F)c(F)c2)CCN1C(=O)OC(C)(C)C. The van der Waals surface area contributed by atoms with Crippen LogP contribution < -0.4 is 4.90 Å². The molecule has 122 valence electrons. The second-order valence-corrected chi connectivity index (χ2v) is 6.57. The number of nitrogens with zero attached hydrogens (tertiary/aromatic N) is 2. The lowest BCUT2D eigenvalue weighted by Crippen LogP contribution is -2.55. The molecule has 2 rings (SSSR count). The number of rotatable bonds is 1. The van der Waals surface area contributed by atoms with Gasteiger partial charge in [-0.25, -0.2) is 13.6 Å². The number of benzene rings is 1. The van der Waals surface area contributed by atoms with E-state index in [-0.39, 0.29) is 12.1 Å². The Bertz CT molecular complexity index is 558. The van der Waals surface area contributed by atoms with E-state index in [2.05, 4.69) is 0 Å². The molecular formula is C16H22F2N2O2. The molecule has 1 atom stereocenters. The van der Waals surface area contributed by atoms with Crippen molar-refractivity contribution in [3.63, 3.8) is 0 Å². The largest absolute Gasteiger partial charge is 0.444 e. The number of carbonyl (C=O) groups is 1. The standard InChI is InChI=1S/C16H22F2N2O2/c1-11-10-19(12-5-6-13(17)14(18)9-12)7-8-20(11)15(21)22-16(2,3)4/h5-6,9,11H,7-8,10H2,1-4H3/t11-/m0/s1. The Morgan fingerprint density at radius 1 is 1.23 bits per heavy atom. The molecule has 0 spiro atoms. The van der Waals surface area contributed by atoms with Gasteiger partial charge < -0.3 is 14.5 Å². The van der Waals surface area contributed by atoms with Crippen LogP contribution in [0, 0.1) is 11.6 Å². The highest BCUT2D eigenvalue weighted by molar-refractivity contribution is 5.69. The summed E-state index contributed by atoms with van der Waals surface area (Å²) >= 11 is 0. The van der Waals surface area contributed by atoms with Gasteiger partial charge in [0.05, 0.1) is 0 Å². The molecule has 4 nitrogen and oxygen atoms in total. The van der Waals surface area contributed by atoms with Gasteiger partial charge in [-0.2, -0.15) is 0 Å². The average Bonchev–Trinajstić information content (AvgIpc) is 2.39. The number of halogens is 2. The second-order valence-electron chi connectivity index (χ2n) is 6.57. The minimum atomic E-state index is -0.861. The highest BCUT2D eigenvalue weighted by atomic mass is 19.2. The molecule has 0 bridgehead atoms. The number of hydrogen-bond donors (Lipinski definition) is 0. The highest BCUT2D eigenvalue weighted by Gasteiger charge is 2.31. The van der Waals surface area contributed by atoms with Crippen molar-refractivity contribution in [2.45, 2.75) is 39.3 Å². The van der Waals surface area contributed by atoms with Crippen molar-refractivity contribution >= 4 is 11.8 Å². The molecule has 1 aromatic carbocycles. The fourth-order valence-corrected chi connectivity index (χ4v) is 2.47. The summed E-state index contributed by atoms with van der Waals surface area (Å²) in [6.45, 7) is 8.97. The van der Waals surface area contributed by atoms with Crippen LogP contribution in [-0.2, 0) is 4.74 Å². The van der Waals surface area contributed by atoms with Crippen LogP contribution in [0.2, 0.25) is 0 Å². The molecule has 0 saturated carbocycles. The van der Waals surface area contributed by atoms with Gasteiger partial charge in [0.2, 0.25) is 0 Å². The Morgan fingerprint density at radius 2 is 1.91 bits per heavy atom. The van der Waals surface area contributed by atoms with E-state index < -0.39 is 17.2 Å². The zero-order chi connectivity index (χ0) is 16.5. The maximum absolute atomic E-state index is 13.3. The predicted octanol–water partition coefficient (Wildman–Crippen LogP) is 3.41. The van der Waals surface area contributed by atoms with E-state index in [0.717, 1.165) is 6.07 Å². The average molecular weight is 312 g/mol. The molecule has 1 aliphatic rings. The van der Waals surface area contributed by atoms with E-state index in [1.54, 1.807) is 11.0 Å². The lowest BCUT2D eigenvalue weighted by Gasteiger charge is -2.41. The lowest BCUT2D eigenvalue weighted by atomic mass is 10.1. The number of amides is 1. The smallest absolute Gasteiger partial charge is 0.410 e. The fourth-order valence-electron chi connectivity index (χ4n) is 2.47. The van der Waals surface area contributed by atoms with Crippen LogP contribution in [-0.4, -0.2) is 42.3 Å². The molecule has 0 aromatic heterocycles. The van der Waals surface area contributed by atoms with Gasteiger partial charge in [0, 0.05) is 37.4 Å². The van der Waals surface area contributed by atoms with Crippen molar-refractivity contribution in [2.75, 3.05) is 24.5 Å². The summed E-state index contributed by atoms with van der Waals surface area (Å²) in [5.74, 6) is -1.72. The number of anilines is 1. The molecule has 0 N–H and O–H groups in total. The zero-order valence-corrected chi connectivity index (χ0v) is 13.4. The summed E-state index contributed by atoms with van der Waals surface area (Å²) in [6, 6.07) is 3.78. The fraction of sp³-hybridized carbons (Fsp3) is 0.562. The van der Waals surface area contributed by atoms with Gasteiger partial charge >= 0.3 is 6.09 Å². The van der Waals surface area contributed by atoms with Crippen molar-refractivity contribution in [1.29, 1.82) is 0 Å². The van der Waals surface area contributed by atoms with Crippen molar-refractivity contribution in [3.8, 4) is 0 Å². The normalized spacial score (nSPS) is 19.3. The van der Waals surface area contributed by atoms with Gasteiger partial charge in [0.25, 0.3) is 0 Å². The summed E-state index contributed by atoms with van der Waals surface area (Å²) in [7, 11) is 0. The first-order valence-electron chi connectivity index (χ1n) is 7.37. The van der Waals surface area contributed by atoms with Crippen molar-refractivity contribution in [1.82, 2.24) is 4.90 Å². The van der Waals surface area contributed by atoms with Crippen molar-refractivity contribution < 1.29 is 18.3 Å². The molecule has 1 aromatic rings. The van der Waals surface area contributed by atoms with Crippen LogP contribution in [0.5, 0.6) is 0 Å². The third kappa shape index (κ3) is 3.87. The van der Waals surface area contributed by atoms with Gasteiger partial charge in [0.1, 0.15) is 5.60 Å². The molecule has 1 fully saturated rings. The summed E-state index contributed by atoms with van der Waals surface area (Å²) < 4.78 is 31.7. The molecule has 1 saturated heterocycles. The maximum atomic E-state index is 13.3. The Morgan fingerprint density at radius 3 is 2.45 bits per heavy atom. The van der Waals surface area contributed by atoms with Crippen LogP contribution in [0.25, 0.3) is 0 Å². The van der Waals surface area contributed by atoms with Crippen LogP contribution >= 0.6 is 0 Å². The van der Waals surface area contributed by atoms with Crippen LogP contribution in [0.4, 0.5) is 19.3 Å². The first-order chi connectivity index (χ1) is 10.2. The van der Waals surface area contributed by atoms with Gasteiger partial charge in [0.15, 0.2) is 11.6 Å². The molecular weight excluding hydrogens is 290 g/mol. The van der Waals surface area contributed by atoms with Crippen molar-refractivity contribution in [3.05, 3.63) is 29.8 Å². The zero-order valence-electron chi connectivity index (χ0n) is 13.4. The highest BCUT2D eigenvalue weighted by Crippen LogP contribution is 2.22. The molecule has 1 amide bonds. The third-order valence-corrected chi connectivity index (χ3v) is 3.52. The van der Waals surface area contributed by atoms with Gasteiger partial charge in [-0.3, -0.25) is 0 Å². The Balaban J connectivity index is 2.03. The van der Waals surface area contributed by atoms with E-state index in [4.69, 9.17) is 4.74 Å². The number of hydrogen-bond acceptors (Lipinski definition) is 3. The monoisotopic (exact) mass is 312 g/mol. The summed E-state index contributed by atoms with van der Waals surface area (Å²) in [4.78, 5) is 15.7. The van der Waals surface area contributed by atoms with Gasteiger partial charge in [-0.05, 0) is 39.8 Å². The van der Waals surface area contributed by atoms with E-state index in [0.29, 0.717) is 25.3 Å². The lowest BCUT2D eigenvalue weighted by molar-refractivity contribution is 0.0159. The van der Waals surface area contributed by atoms with Crippen molar-refractivity contribution in [2.24, 2.45) is 0 Å². The van der Waals surface area contributed by atoms with Crippen LogP contribution in [0.1, 0.15) is 27.7 Å². The second kappa shape index (κ2) is 6.10. The molecule has 0 unspecified atom stereocenters. The molecule has 1 heterocycles.